The van der Waals surface area contributed by atoms with Gasteiger partial charge in [0.2, 0.25) is 11.8 Å². The van der Waals surface area contributed by atoms with E-state index >= 15 is 0 Å². The molecule has 2 saturated heterocycles. The monoisotopic (exact) mass is 467 g/mol. The summed E-state index contributed by atoms with van der Waals surface area (Å²) in [5.74, 6) is -1.46. The second-order valence-electron chi connectivity index (χ2n) is 6.94. The lowest BCUT2D eigenvalue weighted by molar-refractivity contribution is -0.136. The Morgan fingerprint density at radius 1 is 0.962 bits per heavy atom. The number of nitrogens with one attached hydrogen (secondary N) is 1. The number of rotatable bonds is 2. The molecule has 4 rings (SSSR count). The fourth-order valence-corrected chi connectivity index (χ4v) is 4.48. The zero-order chi connectivity index (χ0) is 18.4. The van der Waals surface area contributed by atoms with Gasteiger partial charge < -0.3 is 0 Å². The van der Waals surface area contributed by atoms with E-state index in [9.17, 15) is 19.2 Å². The molecule has 136 valence electrons. The van der Waals surface area contributed by atoms with Crippen molar-refractivity contribution < 1.29 is 19.2 Å². The summed E-state index contributed by atoms with van der Waals surface area (Å²) in [5, 5.41) is 2.21. The number of carbonyl (C=O) groups is 4. The maximum atomic E-state index is 12.9. The lowest BCUT2D eigenvalue weighted by atomic mass is 9.88. The number of fused-ring (bicyclic) bond motifs is 1. The van der Waals surface area contributed by atoms with E-state index in [-0.39, 0.29) is 18.7 Å². The van der Waals surface area contributed by atoms with E-state index in [4.69, 9.17) is 0 Å². The summed E-state index contributed by atoms with van der Waals surface area (Å²) in [6, 6.07) is 4.53. The number of piperidine rings is 2. The van der Waals surface area contributed by atoms with Crippen molar-refractivity contribution in [3.05, 3.63) is 34.9 Å². The van der Waals surface area contributed by atoms with Crippen LogP contribution in [0.15, 0.2) is 18.2 Å². The van der Waals surface area contributed by atoms with E-state index in [1.54, 1.807) is 6.07 Å². The van der Waals surface area contributed by atoms with Crippen LogP contribution in [0.1, 0.15) is 57.9 Å². The first-order valence-electron chi connectivity index (χ1n) is 8.72. The molecule has 0 bridgehead atoms. The standard InChI is InChI=1S/C18H18IN3O4/c19-21-7-5-10(6-8-21)11-1-2-12-13(9-11)18(26)22(17(12)25)14-3-4-15(23)20-16(14)24/h1-2,9-10,14H,3-8H2,(H,20,23,24). The molecule has 26 heavy (non-hydrogen) atoms. The summed E-state index contributed by atoms with van der Waals surface area (Å²) in [5.41, 5.74) is 1.78. The van der Waals surface area contributed by atoms with Gasteiger partial charge in [0, 0.05) is 42.4 Å². The SMILES string of the molecule is O=C1CCC(N2C(=O)c3ccc(C4CCN(I)CC4)cc3C2=O)C(=O)N1. The Kier molecular flexibility index (Phi) is 4.55. The lowest BCUT2D eigenvalue weighted by Gasteiger charge is -2.28. The Morgan fingerprint density at radius 2 is 1.65 bits per heavy atom. The Hall–Kier alpha value is -1.81. The van der Waals surface area contributed by atoms with Crippen molar-refractivity contribution in [3.8, 4) is 0 Å². The zero-order valence-electron chi connectivity index (χ0n) is 14.0. The van der Waals surface area contributed by atoms with Crippen molar-refractivity contribution in [2.75, 3.05) is 13.1 Å². The summed E-state index contributed by atoms with van der Waals surface area (Å²) in [6.45, 7) is 2.00. The molecular weight excluding hydrogens is 449 g/mol. The normalized spacial score (nSPS) is 24.8. The highest BCUT2D eigenvalue weighted by Gasteiger charge is 2.44. The van der Waals surface area contributed by atoms with Gasteiger partial charge in [-0.25, -0.2) is 3.11 Å². The van der Waals surface area contributed by atoms with E-state index < -0.39 is 23.8 Å². The first-order valence-corrected chi connectivity index (χ1v) is 9.68. The van der Waals surface area contributed by atoms with Gasteiger partial charge in [0.15, 0.2) is 0 Å². The number of amides is 4. The molecule has 3 aliphatic rings. The molecule has 4 amide bonds. The van der Waals surface area contributed by atoms with Gasteiger partial charge in [-0.05, 0) is 42.9 Å². The van der Waals surface area contributed by atoms with Gasteiger partial charge in [-0.2, -0.15) is 0 Å². The molecule has 8 heteroatoms. The van der Waals surface area contributed by atoms with E-state index in [1.807, 2.05) is 12.1 Å². The molecule has 7 nitrogen and oxygen atoms in total. The molecule has 1 atom stereocenters. The Morgan fingerprint density at radius 3 is 2.35 bits per heavy atom. The van der Waals surface area contributed by atoms with Gasteiger partial charge in [0.05, 0.1) is 11.1 Å². The van der Waals surface area contributed by atoms with Crippen molar-refractivity contribution in [1.82, 2.24) is 13.3 Å². The Balaban J connectivity index is 1.60. The lowest BCUT2D eigenvalue weighted by Crippen LogP contribution is -2.54. The number of imide groups is 2. The number of carbonyl (C=O) groups excluding carboxylic acids is 4. The van der Waals surface area contributed by atoms with Crippen molar-refractivity contribution in [2.24, 2.45) is 0 Å². The van der Waals surface area contributed by atoms with Crippen LogP contribution < -0.4 is 5.32 Å². The summed E-state index contributed by atoms with van der Waals surface area (Å²) in [7, 11) is 0. The van der Waals surface area contributed by atoms with Crippen LogP contribution in [-0.2, 0) is 9.59 Å². The fraction of sp³-hybridized carbons (Fsp3) is 0.444. The van der Waals surface area contributed by atoms with E-state index in [0.717, 1.165) is 36.4 Å². The number of hydrogen-bond donors (Lipinski definition) is 1. The van der Waals surface area contributed by atoms with Gasteiger partial charge in [-0.3, -0.25) is 29.4 Å². The van der Waals surface area contributed by atoms with E-state index in [2.05, 4.69) is 31.3 Å². The zero-order valence-corrected chi connectivity index (χ0v) is 16.2. The predicted octanol–water partition coefficient (Wildman–Crippen LogP) is 1.62. The molecule has 2 fully saturated rings. The molecule has 0 spiro atoms. The fourth-order valence-electron chi connectivity index (χ4n) is 3.92. The highest BCUT2D eigenvalue weighted by molar-refractivity contribution is 14.1. The molecule has 0 aromatic heterocycles. The average molecular weight is 467 g/mol. The van der Waals surface area contributed by atoms with Crippen LogP contribution >= 0.6 is 22.9 Å². The molecule has 1 aromatic carbocycles. The molecular formula is C18H18IN3O4. The maximum Gasteiger partial charge on any atom is 0.262 e. The molecule has 1 N–H and O–H groups in total. The predicted molar refractivity (Wildman–Crippen MR) is 101 cm³/mol. The van der Waals surface area contributed by atoms with Crippen LogP contribution in [0.2, 0.25) is 0 Å². The van der Waals surface area contributed by atoms with Crippen molar-refractivity contribution in [1.29, 1.82) is 0 Å². The van der Waals surface area contributed by atoms with Crippen LogP contribution in [0.25, 0.3) is 0 Å². The third kappa shape index (κ3) is 2.94. The molecule has 0 saturated carbocycles. The molecule has 0 radical (unpaired) electrons. The highest BCUT2D eigenvalue weighted by atomic mass is 127. The summed E-state index contributed by atoms with van der Waals surface area (Å²) in [6.07, 6.45) is 2.34. The summed E-state index contributed by atoms with van der Waals surface area (Å²) < 4.78 is 2.25. The Labute approximate surface area is 164 Å². The topological polar surface area (TPSA) is 86.8 Å². The second kappa shape index (κ2) is 6.73. The maximum absolute atomic E-state index is 12.9. The number of hydrogen-bond acceptors (Lipinski definition) is 5. The van der Waals surface area contributed by atoms with Gasteiger partial charge in [-0.15, -0.1) is 0 Å². The Bertz CT molecular complexity index is 817. The van der Waals surface area contributed by atoms with Crippen LogP contribution in [0.5, 0.6) is 0 Å². The minimum absolute atomic E-state index is 0.129. The van der Waals surface area contributed by atoms with Gasteiger partial charge in [0.25, 0.3) is 11.8 Å². The minimum Gasteiger partial charge on any atom is -0.295 e. The smallest absolute Gasteiger partial charge is 0.262 e. The van der Waals surface area contributed by atoms with Crippen molar-refractivity contribution in [3.63, 3.8) is 0 Å². The second-order valence-corrected chi connectivity index (χ2v) is 8.30. The average Bonchev–Trinajstić information content (AvgIpc) is 2.87. The largest absolute Gasteiger partial charge is 0.295 e. The molecule has 3 aliphatic heterocycles. The third-order valence-corrected chi connectivity index (χ3v) is 6.34. The van der Waals surface area contributed by atoms with Gasteiger partial charge in [-0.1, -0.05) is 6.07 Å². The van der Waals surface area contributed by atoms with Crippen molar-refractivity contribution >= 4 is 46.5 Å². The first-order chi connectivity index (χ1) is 12.5. The van der Waals surface area contributed by atoms with Crippen LogP contribution in [0.3, 0.4) is 0 Å². The number of halogens is 1. The number of nitrogens with zero attached hydrogens (tertiary/aromatic N) is 2. The minimum atomic E-state index is -0.911. The van der Waals surface area contributed by atoms with Crippen molar-refractivity contribution in [2.45, 2.75) is 37.6 Å². The molecule has 0 aliphatic carbocycles. The first kappa shape index (κ1) is 17.6. The van der Waals surface area contributed by atoms with Crippen LogP contribution in [-0.4, -0.2) is 50.8 Å². The van der Waals surface area contributed by atoms with Gasteiger partial charge >= 0.3 is 0 Å². The molecule has 1 aromatic rings. The number of benzene rings is 1. The van der Waals surface area contributed by atoms with Gasteiger partial charge in [0.1, 0.15) is 6.04 Å². The van der Waals surface area contributed by atoms with Crippen LogP contribution in [0.4, 0.5) is 0 Å². The molecule has 1 unspecified atom stereocenters. The summed E-state index contributed by atoms with van der Waals surface area (Å²) >= 11 is 2.32. The third-order valence-electron chi connectivity index (χ3n) is 5.38. The quantitative estimate of drug-likeness (QED) is 0.406. The van der Waals surface area contributed by atoms with Crippen LogP contribution in [0, 0.1) is 0 Å². The highest BCUT2D eigenvalue weighted by Crippen LogP contribution is 2.34. The molecule has 3 heterocycles. The van der Waals surface area contributed by atoms with E-state index in [1.165, 1.54) is 0 Å². The summed E-state index contributed by atoms with van der Waals surface area (Å²) in [4.78, 5) is 50.0. The van der Waals surface area contributed by atoms with E-state index in [0.29, 0.717) is 17.0 Å².